The number of aromatic nitrogens is 3. The smallest absolute Gasteiger partial charge is 0.236 e. The predicted molar refractivity (Wildman–Crippen MR) is 99.2 cm³/mol. The van der Waals surface area contributed by atoms with Crippen LogP contribution in [0.25, 0.3) is 10.2 Å². The second-order valence-electron chi connectivity index (χ2n) is 4.76. The average molecular weight is 399 g/mol. The molecular formula is C14H14FN5O2S3. The Morgan fingerprint density at radius 3 is 3.04 bits per heavy atom. The molecule has 25 heavy (non-hydrogen) atoms. The van der Waals surface area contributed by atoms with Gasteiger partial charge in [-0.15, -0.1) is 10.2 Å². The second-order valence-corrected chi connectivity index (χ2v) is 7.99. The molecule has 2 N–H and O–H groups in total. The normalized spacial score (nSPS) is 11.0. The van der Waals surface area contributed by atoms with Gasteiger partial charge >= 0.3 is 0 Å². The molecule has 1 aromatic carbocycles. The minimum absolute atomic E-state index is 0.191. The maximum Gasteiger partial charge on any atom is 0.236 e. The number of methoxy groups -OCH3 is 1. The van der Waals surface area contributed by atoms with E-state index < -0.39 is 0 Å². The van der Waals surface area contributed by atoms with E-state index in [-0.39, 0.29) is 17.5 Å². The van der Waals surface area contributed by atoms with Crippen LogP contribution in [-0.4, -0.2) is 47.1 Å². The van der Waals surface area contributed by atoms with Gasteiger partial charge in [-0.2, -0.15) is 0 Å². The lowest BCUT2D eigenvalue weighted by Gasteiger charge is -1.99. The third kappa shape index (κ3) is 5.08. The number of carbonyl (C=O) groups is 1. The van der Waals surface area contributed by atoms with Gasteiger partial charge in [-0.3, -0.25) is 4.79 Å². The van der Waals surface area contributed by atoms with Crippen LogP contribution in [0.15, 0.2) is 22.5 Å². The summed E-state index contributed by atoms with van der Waals surface area (Å²) < 4.78 is 19.5. The van der Waals surface area contributed by atoms with Crippen LogP contribution in [0, 0.1) is 5.82 Å². The van der Waals surface area contributed by atoms with E-state index in [1.54, 1.807) is 13.2 Å². The summed E-state index contributed by atoms with van der Waals surface area (Å²) in [4.78, 5) is 16.3. The van der Waals surface area contributed by atoms with Crippen molar-refractivity contribution in [3.63, 3.8) is 0 Å². The molecule has 2 heterocycles. The van der Waals surface area contributed by atoms with E-state index in [1.807, 2.05) is 0 Å². The van der Waals surface area contributed by atoms with Crippen molar-refractivity contribution >= 4 is 60.8 Å². The molecule has 0 radical (unpaired) electrons. The van der Waals surface area contributed by atoms with Gasteiger partial charge in [0, 0.05) is 13.7 Å². The molecule has 0 unspecified atom stereocenters. The molecule has 11 heteroatoms. The van der Waals surface area contributed by atoms with Crippen molar-refractivity contribution in [3.05, 3.63) is 24.0 Å². The van der Waals surface area contributed by atoms with Crippen LogP contribution in [-0.2, 0) is 9.53 Å². The fourth-order valence-corrected chi connectivity index (χ4v) is 4.32. The summed E-state index contributed by atoms with van der Waals surface area (Å²) in [7, 11) is 1.63. The minimum atomic E-state index is -0.323. The summed E-state index contributed by atoms with van der Waals surface area (Å²) in [5, 5.41) is 14.9. The highest BCUT2D eigenvalue weighted by molar-refractivity contribution is 8.01. The van der Waals surface area contributed by atoms with E-state index in [4.69, 9.17) is 4.74 Å². The van der Waals surface area contributed by atoms with Gasteiger partial charge in [-0.25, -0.2) is 9.37 Å². The van der Waals surface area contributed by atoms with E-state index in [0.717, 1.165) is 0 Å². The van der Waals surface area contributed by atoms with Crippen LogP contribution < -0.4 is 10.6 Å². The molecule has 0 atom stereocenters. The first kappa shape index (κ1) is 18.0. The molecule has 0 aliphatic heterocycles. The van der Waals surface area contributed by atoms with Crippen LogP contribution in [0.5, 0.6) is 0 Å². The maximum atomic E-state index is 13.2. The number of anilines is 2. The first-order valence-electron chi connectivity index (χ1n) is 7.19. The number of thioether (sulfide) groups is 1. The van der Waals surface area contributed by atoms with Gasteiger partial charge in [0.05, 0.1) is 22.6 Å². The van der Waals surface area contributed by atoms with Gasteiger partial charge in [-0.05, 0) is 18.2 Å². The summed E-state index contributed by atoms with van der Waals surface area (Å²) in [5.41, 5.74) is 0.658. The highest BCUT2D eigenvalue weighted by Gasteiger charge is 2.11. The first-order valence-corrected chi connectivity index (χ1v) is 9.81. The number of thiazole rings is 1. The molecule has 0 saturated carbocycles. The Kier molecular flexibility index (Phi) is 6.13. The molecule has 1 amide bonds. The Labute approximate surface area is 155 Å². The number of fused-ring (bicyclic) bond motifs is 1. The molecule has 0 bridgehead atoms. The van der Waals surface area contributed by atoms with E-state index in [2.05, 4.69) is 25.8 Å². The number of amides is 1. The summed E-state index contributed by atoms with van der Waals surface area (Å²) in [5.74, 6) is -0.332. The fraction of sp³-hybridized carbons (Fsp3) is 0.286. The molecule has 3 aromatic rings. The number of halogens is 1. The third-order valence-electron chi connectivity index (χ3n) is 2.91. The number of nitrogens with zero attached hydrogens (tertiary/aromatic N) is 3. The number of nitrogens with one attached hydrogen (secondary N) is 2. The van der Waals surface area contributed by atoms with E-state index in [0.29, 0.717) is 38.0 Å². The molecule has 3 rings (SSSR count). The van der Waals surface area contributed by atoms with Crippen LogP contribution >= 0.6 is 34.4 Å². The van der Waals surface area contributed by atoms with Gasteiger partial charge in [0.25, 0.3) is 0 Å². The number of hydrogen-bond donors (Lipinski definition) is 2. The number of hydrogen-bond acceptors (Lipinski definition) is 9. The van der Waals surface area contributed by atoms with E-state index in [9.17, 15) is 9.18 Å². The quantitative estimate of drug-likeness (QED) is 0.444. The van der Waals surface area contributed by atoms with Crippen LogP contribution in [0.3, 0.4) is 0 Å². The SMILES string of the molecule is COCCNc1nnc(SCC(=O)Nc2nc3ccc(F)cc3s2)s1. The average Bonchev–Trinajstić information content (AvgIpc) is 3.19. The summed E-state index contributed by atoms with van der Waals surface area (Å²) >= 11 is 3.91. The fourth-order valence-electron chi connectivity index (χ4n) is 1.83. The Morgan fingerprint density at radius 2 is 2.20 bits per heavy atom. The van der Waals surface area contributed by atoms with Crippen molar-refractivity contribution in [2.24, 2.45) is 0 Å². The Balaban J connectivity index is 1.50. The second kappa shape index (κ2) is 8.52. The molecule has 0 aliphatic rings. The molecular weight excluding hydrogens is 385 g/mol. The molecule has 0 saturated heterocycles. The number of rotatable bonds is 8. The zero-order valence-electron chi connectivity index (χ0n) is 13.1. The minimum Gasteiger partial charge on any atom is -0.383 e. The number of benzene rings is 1. The number of ether oxygens (including phenoxy) is 1. The number of carbonyl (C=O) groups excluding carboxylic acids is 1. The maximum absolute atomic E-state index is 13.2. The summed E-state index contributed by atoms with van der Waals surface area (Å²) in [6.45, 7) is 1.23. The highest BCUT2D eigenvalue weighted by Crippen LogP contribution is 2.28. The zero-order chi connectivity index (χ0) is 17.6. The van der Waals surface area contributed by atoms with Crippen molar-refractivity contribution in [1.82, 2.24) is 15.2 Å². The van der Waals surface area contributed by atoms with E-state index in [1.165, 1.54) is 46.6 Å². The molecule has 7 nitrogen and oxygen atoms in total. The Bertz CT molecular complexity index is 869. The Hall–Kier alpha value is -1.82. The van der Waals surface area contributed by atoms with Crippen LogP contribution in [0.1, 0.15) is 0 Å². The van der Waals surface area contributed by atoms with Crippen LogP contribution in [0.2, 0.25) is 0 Å². The third-order valence-corrected chi connectivity index (χ3v) is 5.86. The van der Waals surface area contributed by atoms with Crippen molar-refractivity contribution in [2.45, 2.75) is 4.34 Å². The largest absolute Gasteiger partial charge is 0.383 e. The van der Waals surface area contributed by atoms with Gasteiger partial charge in [0.15, 0.2) is 9.47 Å². The molecule has 132 valence electrons. The lowest BCUT2D eigenvalue weighted by Crippen LogP contribution is -2.13. The predicted octanol–water partition coefficient (Wildman–Crippen LogP) is 3.08. The molecule has 2 aromatic heterocycles. The lowest BCUT2D eigenvalue weighted by atomic mass is 10.3. The topological polar surface area (TPSA) is 89.0 Å². The van der Waals surface area contributed by atoms with Crippen molar-refractivity contribution in [2.75, 3.05) is 36.6 Å². The van der Waals surface area contributed by atoms with Crippen molar-refractivity contribution < 1.29 is 13.9 Å². The lowest BCUT2D eigenvalue weighted by molar-refractivity contribution is -0.113. The zero-order valence-corrected chi connectivity index (χ0v) is 15.6. The Morgan fingerprint density at radius 1 is 1.32 bits per heavy atom. The molecule has 0 aliphatic carbocycles. The molecule has 0 spiro atoms. The van der Waals surface area contributed by atoms with Gasteiger partial charge < -0.3 is 15.4 Å². The van der Waals surface area contributed by atoms with Crippen molar-refractivity contribution in [1.29, 1.82) is 0 Å². The first-order chi connectivity index (χ1) is 12.1. The molecule has 0 fully saturated rings. The highest BCUT2D eigenvalue weighted by atomic mass is 32.2. The summed E-state index contributed by atoms with van der Waals surface area (Å²) in [6, 6.07) is 4.33. The summed E-state index contributed by atoms with van der Waals surface area (Å²) in [6.07, 6.45) is 0. The standard InChI is InChI=1S/C14H14FN5O2S3/c1-22-5-4-16-12-19-20-14(25-12)23-7-11(21)18-13-17-9-3-2-8(15)6-10(9)24-13/h2-3,6H,4-5,7H2,1H3,(H,16,19)(H,17,18,21). The van der Waals surface area contributed by atoms with Gasteiger partial charge in [-0.1, -0.05) is 34.4 Å². The van der Waals surface area contributed by atoms with Crippen LogP contribution in [0.4, 0.5) is 14.7 Å². The van der Waals surface area contributed by atoms with E-state index >= 15 is 0 Å². The van der Waals surface area contributed by atoms with Crippen molar-refractivity contribution in [3.8, 4) is 0 Å². The monoisotopic (exact) mass is 399 g/mol. The van der Waals surface area contributed by atoms with Gasteiger partial charge in [0.1, 0.15) is 5.82 Å². The van der Waals surface area contributed by atoms with Gasteiger partial charge in [0.2, 0.25) is 11.0 Å².